The van der Waals surface area contributed by atoms with Gasteiger partial charge in [-0.2, -0.15) is 5.10 Å². The fraction of sp³-hybridized carbons (Fsp3) is 0.238. The quantitative estimate of drug-likeness (QED) is 0.407. The maximum Gasteiger partial charge on any atom is 0.255 e. The van der Waals surface area contributed by atoms with Crippen LogP contribution in [-0.2, 0) is 0 Å². The number of nitrogen functional groups attached to an aromatic ring is 1. The normalized spacial score (nSPS) is 15.7. The molecular weight excluding hydrogens is 478 g/mol. The standard InChI is InChI=1S/C21H22BrN7OS/c1-12-18(10-25-28-12)13-8-17(19(23)24-9-13)20(30)26-16-6-7-29(11-16)21(31)27-15-4-2-14(22)3-5-15/h2-5,8-10,16H,6-7,11H2,1H3,(H2,23,24)(H,25,28)(H,26,30)(H,27,31)/t16-/m1/s1. The number of hydrogen-bond acceptors (Lipinski definition) is 5. The summed E-state index contributed by atoms with van der Waals surface area (Å²) in [4.78, 5) is 19.2. The molecule has 1 aliphatic rings. The average molecular weight is 500 g/mol. The highest BCUT2D eigenvalue weighted by Gasteiger charge is 2.27. The Morgan fingerprint density at radius 2 is 2.13 bits per heavy atom. The molecule has 3 heterocycles. The number of aromatic amines is 1. The second kappa shape index (κ2) is 9.03. The summed E-state index contributed by atoms with van der Waals surface area (Å²) in [6.45, 7) is 3.28. The smallest absolute Gasteiger partial charge is 0.255 e. The van der Waals surface area contributed by atoms with Crippen molar-refractivity contribution in [2.75, 3.05) is 24.1 Å². The Labute approximate surface area is 193 Å². The van der Waals surface area contributed by atoms with Gasteiger partial charge in [0.25, 0.3) is 5.91 Å². The number of rotatable bonds is 4. The van der Waals surface area contributed by atoms with E-state index in [2.05, 4.69) is 46.6 Å². The van der Waals surface area contributed by atoms with Crippen LogP contribution < -0.4 is 16.4 Å². The fourth-order valence-corrected chi connectivity index (χ4v) is 4.06. The number of carbonyl (C=O) groups is 1. The highest BCUT2D eigenvalue weighted by Crippen LogP contribution is 2.24. The molecule has 2 aromatic heterocycles. The predicted octanol–water partition coefficient (Wildman–Crippen LogP) is 3.33. The van der Waals surface area contributed by atoms with Crippen LogP contribution >= 0.6 is 28.1 Å². The first-order chi connectivity index (χ1) is 14.9. The molecule has 0 bridgehead atoms. The number of hydrogen-bond donors (Lipinski definition) is 4. The Hall–Kier alpha value is -2.98. The summed E-state index contributed by atoms with van der Waals surface area (Å²) in [7, 11) is 0. The van der Waals surface area contributed by atoms with E-state index in [0.717, 1.165) is 39.9 Å². The summed E-state index contributed by atoms with van der Waals surface area (Å²) >= 11 is 8.96. The van der Waals surface area contributed by atoms with Crippen molar-refractivity contribution >= 4 is 50.7 Å². The van der Waals surface area contributed by atoms with E-state index in [9.17, 15) is 4.79 Å². The molecule has 1 saturated heterocycles. The van der Waals surface area contributed by atoms with E-state index in [1.807, 2.05) is 31.2 Å². The molecule has 5 N–H and O–H groups in total. The molecule has 1 amide bonds. The van der Waals surface area contributed by atoms with Crippen LogP contribution in [0.4, 0.5) is 11.5 Å². The van der Waals surface area contributed by atoms with Crippen LogP contribution in [0, 0.1) is 6.92 Å². The summed E-state index contributed by atoms with van der Waals surface area (Å²) in [6.07, 6.45) is 4.22. The molecule has 0 aliphatic carbocycles. The predicted molar refractivity (Wildman–Crippen MR) is 129 cm³/mol. The number of amides is 1. The summed E-state index contributed by atoms with van der Waals surface area (Å²) in [5.74, 6) is -0.0451. The van der Waals surface area contributed by atoms with Gasteiger partial charge in [-0.25, -0.2) is 4.98 Å². The minimum Gasteiger partial charge on any atom is -0.383 e. The molecule has 1 atom stereocenters. The molecule has 1 aromatic carbocycles. The summed E-state index contributed by atoms with van der Waals surface area (Å²) in [6, 6.07) is 9.54. The zero-order valence-electron chi connectivity index (χ0n) is 16.9. The molecule has 8 nitrogen and oxygen atoms in total. The maximum atomic E-state index is 12.9. The Kier molecular flexibility index (Phi) is 6.19. The Bertz CT molecular complexity index is 1120. The highest BCUT2D eigenvalue weighted by molar-refractivity contribution is 9.10. The molecule has 0 radical (unpaired) electrons. The number of nitrogens with zero attached hydrogens (tertiary/aromatic N) is 3. The van der Waals surface area contributed by atoms with Crippen molar-refractivity contribution in [3.8, 4) is 11.1 Å². The lowest BCUT2D eigenvalue weighted by molar-refractivity contribution is 0.0939. The van der Waals surface area contributed by atoms with E-state index in [1.165, 1.54) is 0 Å². The number of aromatic nitrogens is 3. The molecule has 0 unspecified atom stereocenters. The van der Waals surface area contributed by atoms with Crippen LogP contribution in [0.5, 0.6) is 0 Å². The minimum absolute atomic E-state index is 0.0316. The van der Waals surface area contributed by atoms with Gasteiger partial charge >= 0.3 is 0 Å². The number of halogens is 1. The zero-order chi connectivity index (χ0) is 22.0. The highest BCUT2D eigenvalue weighted by atomic mass is 79.9. The molecule has 1 fully saturated rings. The Morgan fingerprint density at radius 1 is 1.35 bits per heavy atom. The van der Waals surface area contributed by atoms with Crippen LogP contribution in [-0.4, -0.2) is 50.2 Å². The topological polar surface area (TPSA) is 112 Å². The van der Waals surface area contributed by atoms with Gasteiger partial charge in [0.05, 0.1) is 11.3 Å². The van der Waals surface area contributed by atoms with Crippen molar-refractivity contribution in [1.82, 2.24) is 25.4 Å². The van der Waals surface area contributed by atoms with E-state index in [1.54, 1.807) is 18.5 Å². The van der Waals surface area contributed by atoms with Gasteiger partial charge in [0.2, 0.25) is 0 Å². The average Bonchev–Trinajstić information content (AvgIpc) is 3.39. The number of H-pyrrole nitrogens is 1. The number of carbonyl (C=O) groups excluding carboxylic acids is 1. The zero-order valence-corrected chi connectivity index (χ0v) is 19.3. The van der Waals surface area contributed by atoms with Crippen LogP contribution in [0.15, 0.2) is 47.2 Å². The third kappa shape index (κ3) is 4.86. The van der Waals surface area contributed by atoms with E-state index in [4.69, 9.17) is 18.0 Å². The number of anilines is 2. The first-order valence-electron chi connectivity index (χ1n) is 9.79. The first-order valence-corrected chi connectivity index (χ1v) is 11.0. The molecule has 1 aliphatic heterocycles. The largest absolute Gasteiger partial charge is 0.383 e. The van der Waals surface area contributed by atoms with Gasteiger partial charge in [-0.1, -0.05) is 15.9 Å². The first kappa shape index (κ1) is 21.3. The van der Waals surface area contributed by atoms with Crippen molar-refractivity contribution in [2.24, 2.45) is 0 Å². The van der Waals surface area contributed by atoms with Gasteiger partial charge in [0.1, 0.15) is 5.82 Å². The summed E-state index contributed by atoms with van der Waals surface area (Å²) in [5.41, 5.74) is 9.77. The lowest BCUT2D eigenvalue weighted by atomic mass is 10.1. The second-order valence-electron chi connectivity index (χ2n) is 7.38. The molecule has 0 spiro atoms. The molecule has 160 valence electrons. The van der Waals surface area contributed by atoms with Crippen molar-refractivity contribution in [3.05, 3.63) is 58.5 Å². The van der Waals surface area contributed by atoms with Crippen molar-refractivity contribution < 1.29 is 4.79 Å². The molecule has 3 aromatic rings. The third-order valence-electron chi connectivity index (χ3n) is 5.21. The van der Waals surface area contributed by atoms with Gasteiger partial charge in [-0.05, 0) is 55.9 Å². The van der Waals surface area contributed by atoms with Gasteiger partial charge in [0.15, 0.2) is 5.11 Å². The fourth-order valence-electron chi connectivity index (χ4n) is 3.52. The van der Waals surface area contributed by atoms with E-state index in [0.29, 0.717) is 17.2 Å². The van der Waals surface area contributed by atoms with Crippen LogP contribution in [0.3, 0.4) is 0 Å². The lowest BCUT2D eigenvalue weighted by Gasteiger charge is -2.21. The number of nitrogens with one attached hydrogen (secondary N) is 3. The number of benzene rings is 1. The van der Waals surface area contributed by atoms with Gasteiger partial charge in [-0.15, -0.1) is 0 Å². The molecule has 4 rings (SSSR count). The number of thiocarbonyl (C=S) groups is 1. The lowest BCUT2D eigenvalue weighted by Crippen LogP contribution is -2.39. The van der Waals surface area contributed by atoms with Gasteiger partial charge in [-0.3, -0.25) is 9.89 Å². The SMILES string of the molecule is Cc1n[nH]cc1-c1cnc(N)c(C(=O)N[C@@H]2CCN(C(=S)Nc3ccc(Br)cc3)C2)c1. The number of pyridine rings is 1. The number of likely N-dealkylation sites (tertiary alicyclic amines) is 1. The Balaban J connectivity index is 1.39. The van der Waals surface area contributed by atoms with Crippen LogP contribution in [0.1, 0.15) is 22.5 Å². The second-order valence-corrected chi connectivity index (χ2v) is 8.69. The van der Waals surface area contributed by atoms with E-state index in [-0.39, 0.29) is 17.8 Å². The van der Waals surface area contributed by atoms with Crippen molar-refractivity contribution in [3.63, 3.8) is 0 Å². The molecule has 10 heteroatoms. The minimum atomic E-state index is -0.244. The maximum absolute atomic E-state index is 12.9. The number of nitrogens with two attached hydrogens (primary N) is 1. The van der Waals surface area contributed by atoms with E-state index < -0.39 is 0 Å². The Morgan fingerprint density at radius 3 is 2.84 bits per heavy atom. The van der Waals surface area contributed by atoms with Crippen molar-refractivity contribution in [2.45, 2.75) is 19.4 Å². The third-order valence-corrected chi connectivity index (χ3v) is 6.10. The van der Waals surface area contributed by atoms with Gasteiger partial charge in [0, 0.05) is 52.8 Å². The van der Waals surface area contributed by atoms with E-state index >= 15 is 0 Å². The molecular formula is C21H22BrN7OS. The summed E-state index contributed by atoms with van der Waals surface area (Å²) < 4.78 is 1.01. The molecule has 0 saturated carbocycles. The van der Waals surface area contributed by atoms with Crippen molar-refractivity contribution in [1.29, 1.82) is 0 Å². The van der Waals surface area contributed by atoms with Crippen LogP contribution in [0.25, 0.3) is 11.1 Å². The van der Waals surface area contributed by atoms with Crippen LogP contribution in [0.2, 0.25) is 0 Å². The number of aryl methyl sites for hydroxylation is 1. The monoisotopic (exact) mass is 499 g/mol. The van der Waals surface area contributed by atoms with Gasteiger partial charge < -0.3 is 21.3 Å². The summed E-state index contributed by atoms with van der Waals surface area (Å²) in [5, 5.41) is 13.9. The molecule has 31 heavy (non-hydrogen) atoms.